The highest BCUT2D eigenvalue weighted by molar-refractivity contribution is 6.17. The van der Waals surface area contributed by atoms with Crippen LogP contribution >= 0.6 is 0 Å². The van der Waals surface area contributed by atoms with E-state index in [1.165, 1.54) is 36.4 Å². The van der Waals surface area contributed by atoms with Gasteiger partial charge < -0.3 is 19.5 Å². The molecule has 6 nitrogen and oxygen atoms in total. The molecule has 2 heterocycles. The monoisotopic (exact) mass is 383 g/mol. The zero-order valence-electron chi connectivity index (χ0n) is 14.9. The Morgan fingerprint density at radius 1 is 0.964 bits per heavy atom. The third-order valence-corrected chi connectivity index (χ3v) is 5.01. The fraction of sp³-hybridized carbons (Fsp3) is 0.238. The third kappa shape index (κ3) is 2.98. The first-order chi connectivity index (χ1) is 13.5. The number of aromatic carboxylic acids is 1. The molecule has 1 amide bonds. The minimum Gasteiger partial charge on any atom is -0.507 e. The van der Waals surface area contributed by atoms with E-state index in [0.717, 1.165) is 19.3 Å². The van der Waals surface area contributed by atoms with Crippen molar-refractivity contribution in [2.45, 2.75) is 19.3 Å². The van der Waals surface area contributed by atoms with E-state index in [9.17, 15) is 24.2 Å². The van der Waals surface area contributed by atoms with Crippen molar-refractivity contribution in [2.75, 3.05) is 13.1 Å². The lowest BCUT2D eigenvalue weighted by Crippen LogP contribution is -2.35. The Balaban J connectivity index is 1.95. The Morgan fingerprint density at radius 3 is 2.29 bits per heavy atom. The van der Waals surface area contributed by atoms with E-state index in [0.29, 0.717) is 18.7 Å². The van der Waals surface area contributed by atoms with Gasteiger partial charge in [0.1, 0.15) is 28.5 Å². The number of carboxylic acids is 1. The molecule has 0 atom stereocenters. The maximum absolute atomic E-state index is 13.3. The lowest BCUT2D eigenvalue weighted by molar-refractivity contribution is 0.0698. The maximum Gasteiger partial charge on any atom is 0.340 e. The topological polar surface area (TPSA) is 91.0 Å². The van der Waals surface area contributed by atoms with Gasteiger partial charge in [0.15, 0.2) is 0 Å². The number of carbonyl (C=O) groups excluding carboxylic acids is 1. The lowest BCUT2D eigenvalue weighted by Gasteiger charge is -2.27. The Morgan fingerprint density at radius 2 is 1.64 bits per heavy atom. The molecule has 1 saturated heterocycles. The van der Waals surface area contributed by atoms with Crippen LogP contribution in [0, 0.1) is 5.82 Å². The summed E-state index contributed by atoms with van der Waals surface area (Å²) in [6, 6.07) is 7.97. The first-order valence-corrected chi connectivity index (χ1v) is 9.04. The van der Waals surface area contributed by atoms with Crippen LogP contribution in [-0.2, 0) is 0 Å². The number of phenolic OH excluding ortho intramolecular Hbond substituents is 1. The summed E-state index contributed by atoms with van der Waals surface area (Å²) in [6.45, 7) is 1.11. The normalized spacial score (nSPS) is 14.4. The van der Waals surface area contributed by atoms with Crippen LogP contribution in [0.2, 0.25) is 0 Å². The molecule has 1 aliphatic rings. The second-order valence-electron chi connectivity index (χ2n) is 6.80. The number of carbonyl (C=O) groups is 2. The molecule has 0 radical (unpaired) electrons. The van der Waals surface area contributed by atoms with Gasteiger partial charge in [-0.1, -0.05) is 0 Å². The minimum absolute atomic E-state index is 0.0146. The Kier molecular flexibility index (Phi) is 4.50. The molecule has 4 rings (SSSR count). The van der Waals surface area contributed by atoms with Crippen LogP contribution in [0.5, 0.6) is 5.75 Å². The Labute approximate surface area is 159 Å². The number of benzene rings is 2. The van der Waals surface area contributed by atoms with E-state index < -0.39 is 17.7 Å². The highest BCUT2D eigenvalue weighted by Crippen LogP contribution is 2.39. The first kappa shape index (κ1) is 18.0. The molecule has 1 aromatic heterocycles. The quantitative estimate of drug-likeness (QED) is 0.705. The molecule has 0 saturated carbocycles. The number of hydrogen-bond donors (Lipinski definition) is 2. The molecule has 7 heteroatoms. The van der Waals surface area contributed by atoms with Gasteiger partial charge in [0.05, 0.1) is 10.9 Å². The fourth-order valence-corrected chi connectivity index (χ4v) is 3.66. The smallest absolute Gasteiger partial charge is 0.340 e. The van der Waals surface area contributed by atoms with Crippen molar-refractivity contribution in [3.63, 3.8) is 0 Å². The summed E-state index contributed by atoms with van der Waals surface area (Å²) in [4.78, 5) is 26.8. The number of hydrogen-bond acceptors (Lipinski definition) is 4. The summed E-state index contributed by atoms with van der Waals surface area (Å²) in [7, 11) is 0. The zero-order chi connectivity index (χ0) is 19.8. The number of rotatable bonds is 3. The van der Waals surface area contributed by atoms with Crippen molar-refractivity contribution in [2.24, 2.45) is 0 Å². The average Bonchev–Trinajstić information content (AvgIpc) is 3.08. The standard InChI is InChI=1S/C21H18FNO5/c22-13-6-4-12(5-7-13)19-18(21(26)27)17-15(28-19)9-8-14(24)16(17)20(25)23-10-2-1-3-11-23/h4-9,24H,1-3,10-11H2,(H,26,27). The fourth-order valence-electron chi connectivity index (χ4n) is 3.66. The summed E-state index contributed by atoms with van der Waals surface area (Å²) in [5.41, 5.74) is 0.243. The van der Waals surface area contributed by atoms with Gasteiger partial charge in [-0.2, -0.15) is 0 Å². The summed E-state index contributed by atoms with van der Waals surface area (Å²) >= 11 is 0. The van der Waals surface area contributed by atoms with Crippen LogP contribution < -0.4 is 0 Å². The van der Waals surface area contributed by atoms with Gasteiger partial charge in [-0.05, 0) is 55.7 Å². The predicted octanol–water partition coefficient (Wildman–Crippen LogP) is 4.27. The number of aromatic hydroxyl groups is 1. The van der Waals surface area contributed by atoms with Crippen LogP contribution in [0.3, 0.4) is 0 Å². The van der Waals surface area contributed by atoms with Crippen molar-refractivity contribution in [1.29, 1.82) is 0 Å². The summed E-state index contributed by atoms with van der Waals surface area (Å²) in [5.74, 6) is -2.46. The zero-order valence-corrected chi connectivity index (χ0v) is 14.9. The summed E-state index contributed by atoms with van der Waals surface area (Å²) in [6.07, 6.45) is 2.75. The van der Waals surface area contributed by atoms with Crippen molar-refractivity contribution in [1.82, 2.24) is 4.90 Å². The molecule has 2 aromatic carbocycles. The van der Waals surface area contributed by atoms with Gasteiger partial charge in [-0.3, -0.25) is 4.79 Å². The van der Waals surface area contributed by atoms with Gasteiger partial charge in [-0.15, -0.1) is 0 Å². The molecule has 1 aliphatic heterocycles. The highest BCUT2D eigenvalue weighted by Gasteiger charge is 2.30. The van der Waals surface area contributed by atoms with Crippen molar-refractivity contribution in [3.05, 3.63) is 53.3 Å². The van der Waals surface area contributed by atoms with Gasteiger partial charge in [0.2, 0.25) is 0 Å². The van der Waals surface area contributed by atoms with Gasteiger partial charge in [0, 0.05) is 18.7 Å². The number of fused-ring (bicyclic) bond motifs is 1. The van der Waals surface area contributed by atoms with Crippen LogP contribution in [-0.4, -0.2) is 40.1 Å². The second kappa shape index (κ2) is 6.99. The van der Waals surface area contributed by atoms with E-state index in [4.69, 9.17) is 4.42 Å². The van der Waals surface area contributed by atoms with Crippen molar-refractivity contribution in [3.8, 4) is 17.1 Å². The van der Waals surface area contributed by atoms with E-state index in [-0.39, 0.29) is 33.6 Å². The van der Waals surface area contributed by atoms with Crippen LogP contribution in [0.1, 0.15) is 40.0 Å². The maximum atomic E-state index is 13.3. The highest BCUT2D eigenvalue weighted by atomic mass is 19.1. The van der Waals surface area contributed by atoms with Gasteiger partial charge in [0.25, 0.3) is 5.91 Å². The summed E-state index contributed by atoms with van der Waals surface area (Å²) in [5, 5.41) is 20.3. The van der Waals surface area contributed by atoms with E-state index in [1.54, 1.807) is 4.90 Å². The number of halogens is 1. The first-order valence-electron chi connectivity index (χ1n) is 9.04. The molecule has 3 aromatic rings. The predicted molar refractivity (Wildman–Crippen MR) is 100.0 cm³/mol. The molecule has 144 valence electrons. The minimum atomic E-state index is -1.30. The Hall–Kier alpha value is -3.35. The lowest BCUT2D eigenvalue weighted by atomic mass is 9.99. The van der Waals surface area contributed by atoms with E-state index in [1.807, 2.05) is 0 Å². The van der Waals surface area contributed by atoms with Crippen molar-refractivity contribution >= 4 is 22.8 Å². The SMILES string of the molecule is O=C(O)c1c(-c2ccc(F)cc2)oc2ccc(O)c(C(=O)N3CCCCC3)c12. The van der Waals surface area contributed by atoms with Gasteiger partial charge >= 0.3 is 5.97 Å². The van der Waals surface area contributed by atoms with Crippen LogP contribution in [0.4, 0.5) is 4.39 Å². The molecular formula is C21H18FNO5. The Bertz CT molecular complexity index is 1060. The molecule has 0 unspecified atom stereocenters. The number of phenols is 1. The largest absolute Gasteiger partial charge is 0.507 e. The van der Waals surface area contributed by atoms with Crippen LogP contribution in [0.25, 0.3) is 22.3 Å². The number of piperidine rings is 1. The molecule has 2 N–H and O–H groups in total. The second-order valence-corrected chi connectivity index (χ2v) is 6.80. The number of nitrogens with zero attached hydrogens (tertiary/aromatic N) is 1. The molecular weight excluding hydrogens is 365 g/mol. The number of likely N-dealkylation sites (tertiary alicyclic amines) is 1. The number of furan rings is 1. The molecule has 1 fully saturated rings. The number of amides is 1. The summed E-state index contributed by atoms with van der Waals surface area (Å²) < 4.78 is 19.0. The van der Waals surface area contributed by atoms with Gasteiger partial charge in [-0.25, -0.2) is 9.18 Å². The van der Waals surface area contributed by atoms with Crippen molar-refractivity contribution < 1.29 is 28.6 Å². The molecule has 0 bridgehead atoms. The van der Waals surface area contributed by atoms with Crippen LogP contribution in [0.15, 0.2) is 40.8 Å². The van der Waals surface area contributed by atoms with E-state index in [2.05, 4.69) is 0 Å². The van der Waals surface area contributed by atoms with E-state index >= 15 is 0 Å². The molecule has 0 spiro atoms. The molecule has 28 heavy (non-hydrogen) atoms. The number of carboxylic acid groups (broad SMARTS) is 1. The molecule has 0 aliphatic carbocycles. The third-order valence-electron chi connectivity index (χ3n) is 5.01. The average molecular weight is 383 g/mol.